The van der Waals surface area contributed by atoms with Gasteiger partial charge in [0, 0.05) is 39.3 Å². The summed E-state index contributed by atoms with van der Waals surface area (Å²) in [5, 5.41) is 10.6. The van der Waals surface area contributed by atoms with Crippen LogP contribution in [0.15, 0.2) is 22.5 Å². The molecule has 0 atom stereocenters. The average molecular weight is 407 g/mol. The second-order valence-corrected chi connectivity index (χ2v) is 8.97. The van der Waals surface area contributed by atoms with Crippen LogP contribution in [0.1, 0.15) is 64.2 Å². The molecule has 2 aliphatic rings. The second-order valence-electron chi connectivity index (χ2n) is 8.05. The first-order valence-electron chi connectivity index (χ1n) is 11.2. The standard InChI is InChI=1S/C22H38N4OS/c1-23-22(24-14-6-3-7-17-27-20-9-4-2-5-10-20)25-19-12-15-26(16-13-19)21-11-8-18-28-21/h8,11,18-20H,2-7,9-10,12-17H2,1H3,(H2,23,24,25). The highest BCUT2D eigenvalue weighted by Gasteiger charge is 2.20. The van der Waals surface area contributed by atoms with Gasteiger partial charge in [0.05, 0.1) is 11.1 Å². The van der Waals surface area contributed by atoms with Crippen molar-refractivity contribution in [1.29, 1.82) is 0 Å². The van der Waals surface area contributed by atoms with Gasteiger partial charge in [-0.3, -0.25) is 4.99 Å². The molecule has 0 unspecified atom stereocenters. The minimum Gasteiger partial charge on any atom is -0.378 e. The third-order valence-electron chi connectivity index (χ3n) is 5.90. The molecule has 1 saturated heterocycles. The molecule has 0 aromatic carbocycles. The summed E-state index contributed by atoms with van der Waals surface area (Å²) in [6.45, 7) is 4.16. The van der Waals surface area contributed by atoms with Gasteiger partial charge in [-0.15, -0.1) is 11.3 Å². The average Bonchev–Trinajstić information content (AvgIpc) is 3.28. The maximum Gasteiger partial charge on any atom is 0.191 e. The maximum absolute atomic E-state index is 6.01. The Kier molecular flexibility index (Phi) is 9.44. The van der Waals surface area contributed by atoms with E-state index in [1.807, 2.05) is 18.4 Å². The molecule has 28 heavy (non-hydrogen) atoms. The van der Waals surface area contributed by atoms with Crippen LogP contribution in [-0.4, -0.2) is 51.4 Å². The lowest BCUT2D eigenvalue weighted by Gasteiger charge is -2.33. The summed E-state index contributed by atoms with van der Waals surface area (Å²) in [5.41, 5.74) is 0. The minimum atomic E-state index is 0.520. The number of nitrogens with zero attached hydrogens (tertiary/aromatic N) is 2. The summed E-state index contributed by atoms with van der Waals surface area (Å²) in [5.74, 6) is 0.952. The number of hydrogen-bond donors (Lipinski definition) is 2. The summed E-state index contributed by atoms with van der Waals surface area (Å²) < 4.78 is 6.01. The van der Waals surface area contributed by atoms with E-state index in [9.17, 15) is 0 Å². The molecule has 2 heterocycles. The maximum atomic E-state index is 6.01. The van der Waals surface area contributed by atoms with Gasteiger partial charge in [-0.1, -0.05) is 19.3 Å². The van der Waals surface area contributed by atoms with E-state index in [2.05, 4.69) is 38.0 Å². The third kappa shape index (κ3) is 7.28. The van der Waals surface area contributed by atoms with E-state index in [4.69, 9.17) is 4.74 Å². The molecule has 0 spiro atoms. The van der Waals surface area contributed by atoms with Gasteiger partial charge in [-0.05, 0) is 62.5 Å². The van der Waals surface area contributed by atoms with Crippen LogP contribution >= 0.6 is 11.3 Å². The van der Waals surface area contributed by atoms with Crippen LogP contribution in [0.2, 0.25) is 0 Å². The zero-order valence-electron chi connectivity index (χ0n) is 17.5. The Balaban J connectivity index is 1.21. The molecule has 5 nitrogen and oxygen atoms in total. The van der Waals surface area contributed by atoms with Crippen molar-refractivity contribution >= 4 is 22.3 Å². The largest absolute Gasteiger partial charge is 0.378 e. The van der Waals surface area contributed by atoms with E-state index < -0.39 is 0 Å². The molecule has 2 N–H and O–H groups in total. The zero-order chi connectivity index (χ0) is 19.4. The van der Waals surface area contributed by atoms with Gasteiger partial charge < -0.3 is 20.3 Å². The first kappa shape index (κ1) is 21.4. The summed E-state index contributed by atoms with van der Waals surface area (Å²) in [7, 11) is 1.87. The fourth-order valence-corrected chi connectivity index (χ4v) is 4.96. The van der Waals surface area contributed by atoms with E-state index in [-0.39, 0.29) is 0 Å². The van der Waals surface area contributed by atoms with Crippen molar-refractivity contribution in [3.63, 3.8) is 0 Å². The molecule has 1 aromatic rings. The number of nitrogens with one attached hydrogen (secondary N) is 2. The Bertz CT molecular complexity index is 549. The molecule has 6 heteroatoms. The fourth-order valence-electron chi connectivity index (χ4n) is 4.17. The van der Waals surface area contributed by atoms with E-state index in [0.29, 0.717) is 12.1 Å². The van der Waals surface area contributed by atoms with Gasteiger partial charge in [0.15, 0.2) is 5.96 Å². The number of rotatable bonds is 9. The highest BCUT2D eigenvalue weighted by molar-refractivity contribution is 7.14. The van der Waals surface area contributed by atoms with Crippen molar-refractivity contribution in [1.82, 2.24) is 10.6 Å². The Morgan fingerprint density at radius 1 is 1.14 bits per heavy atom. The highest BCUT2D eigenvalue weighted by atomic mass is 32.1. The van der Waals surface area contributed by atoms with Gasteiger partial charge in [0.25, 0.3) is 0 Å². The quantitative estimate of drug-likeness (QED) is 0.362. The SMILES string of the molecule is CN=C(NCCCCCOC1CCCCC1)NC1CCN(c2cccs2)CC1. The smallest absolute Gasteiger partial charge is 0.191 e. The number of unbranched alkanes of at least 4 members (excludes halogenated alkanes) is 2. The minimum absolute atomic E-state index is 0.520. The number of piperidine rings is 1. The molecule has 0 radical (unpaired) electrons. The summed E-state index contributed by atoms with van der Waals surface area (Å²) in [6, 6.07) is 4.88. The fraction of sp³-hybridized carbons (Fsp3) is 0.773. The van der Waals surface area contributed by atoms with E-state index in [1.165, 1.54) is 56.4 Å². The van der Waals surface area contributed by atoms with Crippen molar-refractivity contribution < 1.29 is 4.74 Å². The van der Waals surface area contributed by atoms with Crippen LogP contribution in [0, 0.1) is 0 Å². The number of guanidine groups is 1. The topological polar surface area (TPSA) is 48.9 Å². The van der Waals surface area contributed by atoms with Crippen molar-refractivity contribution in [3.05, 3.63) is 17.5 Å². The van der Waals surface area contributed by atoms with Crippen LogP contribution in [-0.2, 0) is 4.74 Å². The van der Waals surface area contributed by atoms with Gasteiger partial charge in [0.1, 0.15) is 0 Å². The molecule has 0 amide bonds. The lowest BCUT2D eigenvalue weighted by molar-refractivity contribution is 0.0264. The van der Waals surface area contributed by atoms with Crippen LogP contribution < -0.4 is 15.5 Å². The summed E-state index contributed by atoms with van der Waals surface area (Å²) in [6.07, 6.45) is 13.1. The molecular weight excluding hydrogens is 368 g/mol. The van der Waals surface area contributed by atoms with Gasteiger partial charge in [-0.2, -0.15) is 0 Å². The number of anilines is 1. The third-order valence-corrected chi connectivity index (χ3v) is 6.83. The normalized spacial score (nSPS) is 19.8. The molecule has 3 rings (SSSR count). The molecule has 2 fully saturated rings. The number of aliphatic imine (C=N–C) groups is 1. The van der Waals surface area contributed by atoms with Gasteiger partial charge >= 0.3 is 0 Å². The lowest BCUT2D eigenvalue weighted by atomic mass is 9.98. The van der Waals surface area contributed by atoms with Crippen molar-refractivity contribution in [2.24, 2.45) is 4.99 Å². The molecular formula is C22H38N4OS. The Morgan fingerprint density at radius 3 is 2.68 bits per heavy atom. The van der Waals surface area contributed by atoms with Crippen LogP contribution in [0.25, 0.3) is 0 Å². The Labute approximate surface area is 174 Å². The molecule has 1 aromatic heterocycles. The van der Waals surface area contributed by atoms with E-state index in [1.54, 1.807) is 0 Å². The van der Waals surface area contributed by atoms with Crippen molar-refractivity contribution in [2.45, 2.75) is 76.4 Å². The molecule has 1 saturated carbocycles. The molecule has 1 aliphatic carbocycles. The Hall–Kier alpha value is -1.27. The first-order valence-corrected chi connectivity index (χ1v) is 12.1. The molecule has 158 valence electrons. The molecule has 1 aliphatic heterocycles. The van der Waals surface area contributed by atoms with Crippen LogP contribution in [0.4, 0.5) is 5.00 Å². The number of ether oxygens (including phenoxy) is 1. The second kappa shape index (κ2) is 12.3. The van der Waals surface area contributed by atoms with Crippen molar-refractivity contribution in [3.8, 4) is 0 Å². The summed E-state index contributed by atoms with van der Waals surface area (Å²) >= 11 is 1.84. The number of thiophene rings is 1. The monoisotopic (exact) mass is 406 g/mol. The highest BCUT2D eigenvalue weighted by Crippen LogP contribution is 2.24. The zero-order valence-corrected chi connectivity index (χ0v) is 18.3. The van der Waals surface area contributed by atoms with Gasteiger partial charge in [0.2, 0.25) is 0 Å². The Morgan fingerprint density at radius 2 is 1.96 bits per heavy atom. The lowest BCUT2D eigenvalue weighted by Crippen LogP contribution is -2.48. The summed E-state index contributed by atoms with van der Waals surface area (Å²) in [4.78, 5) is 6.90. The predicted molar refractivity (Wildman–Crippen MR) is 121 cm³/mol. The number of hydrogen-bond acceptors (Lipinski definition) is 4. The van der Waals surface area contributed by atoms with E-state index >= 15 is 0 Å². The van der Waals surface area contributed by atoms with E-state index in [0.717, 1.165) is 45.0 Å². The predicted octanol–water partition coefficient (Wildman–Crippen LogP) is 4.40. The van der Waals surface area contributed by atoms with Crippen molar-refractivity contribution in [2.75, 3.05) is 38.2 Å². The van der Waals surface area contributed by atoms with Crippen LogP contribution in [0.3, 0.4) is 0 Å². The van der Waals surface area contributed by atoms with Crippen LogP contribution in [0.5, 0.6) is 0 Å². The first-order chi connectivity index (χ1) is 13.8. The molecule has 0 bridgehead atoms. The van der Waals surface area contributed by atoms with Gasteiger partial charge in [-0.25, -0.2) is 0 Å².